The van der Waals surface area contributed by atoms with Gasteiger partial charge in [-0.2, -0.15) is 0 Å². The summed E-state index contributed by atoms with van der Waals surface area (Å²) in [7, 11) is 0. The lowest BCUT2D eigenvalue weighted by Gasteiger charge is -2.07. The number of para-hydroxylation sites is 1. The van der Waals surface area contributed by atoms with Crippen LogP contribution in [0.25, 0.3) is 21.8 Å². The van der Waals surface area contributed by atoms with Gasteiger partial charge in [-0.3, -0.25) is 14.9 Å². The van der Waals surface area contributed by atoms with Crippen LogP contribution in [0.15, 0.2) is 42.5 Å². The third-order valence-corrected chi connectivity index (χ3v) is 5.32. The van der Waals surface area contributed by atoms with E-state index in [-0.39, 0.29) is 16.4 Å². The van der Waals surface area contributed by atoms with Gasteiger partial charge >= 0.3 is 0 Å². The lowest BCUT2D eigenvalue weighted by atomic mass is 10.1. The molecular weight excluding hydrogens is 308 g/mol. The van der Waals surface area contributed by atoms with E-state index in [9.17, 15) is 9.59 Å². The zero-order valence-corrected chi connectivity index (χ0v) is 13.5. The minimum Gasteiger partial charge on any atom is -0.341 e. The molecule has 1 atom stereocenters. The Morgan fingerprint density at radius 3 is 2.61 bits per heavy atom. The number of nitrogens with one attached hydrogen (secondary N) is 1. The van der Waals surface area contributed by atoms with E-state index in [1.807, 2.05) is 6.07 Å². The summed E-state index contributed by atoms with van der Waals surface area (Å²) in [5.41, 5.74) is 3.52. The first-order chi connectivity index (χ1) is 11.2. The number of carbonyl (C=O) groups is 2. The second-order valence-corrected chi connectivity index (χ2v) is 6.88. The van der Waals surface area contributed by atoms with E-state index in [1.165, 1.54) is 21.8 Å². The number of carbonyl (C=O) groups excluding carboxylic acids is 2. The van der Waals surface area contributed by atoms with Crippen molar-refractivity contribution in [3.8, 4) is 0 Å². The van der Waals surface area contributed by atoms with Gasteiger partial charge < -0.3 is 4.57 Å². The maximum atomic E-state index is 11.8. The number of hydrogen-bond donors (Lipinski definition) is 1. The molecule has 0 saturated carbocycles. The maximum Gasteiger partial charge on any atom is 0.286 e. The fraction of sp³-hybridized carbons (Fsp3) is 0.222. The second kappa shape index (κ2) is 5.42. The Morgan fingerprint density at radius 2 is 1.87 bits per heavy atom. The van der Waals surface area contributed by atoms with Crippen LogP contribution in [0.3, 0.4) is 0 Å². The van der Waals surface area contributed by atoms with Crippen LogP contribution in [-0.4, -0.2) is 21.0 Å². The third-order valence-electron chi connectivity index (χ3n) is 4.34. The molecule has 1 N–H and O–H groups in total. The zero-order chi connectivity index (χ0) is 16.0. The molecule has 1 aliphatic rings. The summed E-state index contributed by atoms with van der Waals surface area (Å²) in [4.78, 5) is 23.1. The molecule has 1 fully saturated rings. The number of thioether (sulfide) groups is 1. The molecule has 1 aromatic heterocycles. The molecule has 1 aliphatic heterocycles. The van der Waals surface area contributed by atoms with Crippen molar-refractivity contribution in [1.29, 1.82) is 0 Å². The van der Waals surface area contributed by atoms with Crippen molar-refractivity contribution in [1.82, 2.24) is 9.88 Å². The van der Waals surface area contributed by atoms with Crippen molar-refractivity contribution in [3.05, 3.63) is 48.0 Å². The van der Waals surface area contributed by atoms with Crippen LogP contribution in [0.5, 0.6) is 0 Å². The molecule has 2 aromatic carbocycles. The monoisotopic (exact) mass is 324 g/mol. The Morgan fingerprint density at radius 1 is 1.09 bits per heavy atom. The van der Waals surface area contributed by atoms with Gasteiger partial charge in [0.1, 0.15) is 0 Å². The SMILES string of the molecule is CCn1c2ccccc2c2cc(CC3SC(=O)NC3=O)ccc21. The van der Waals surface area contributed by atoms with E-state index < -0.39 is 0 Å². The molecular formula is C18H16N2O2S. The van der Waals surface area contributed by atoms with Crippen molar-refractivity contribution in [2.45, 2.75) is 25.1 Å². The molecule has 0 aliphatic carbocycles. The van der Waals surface area contributed by atoms with Crippen LogP contribution in [0, 0.1) is 0 Å². The van der Waals surface area contributed by atoms with Gasteiger partial charge in [0, 0.05) is 28.4 Å². The average Bonchev–Trinajstić information content (AvgIpc) is 3.04. The molecule has 2 heterocycles. The van der Waals surface area contributed by atoms with E-state index in [4.69, 9.17) is 0 Å². The average molecular weight is 324 g/mol. The molecule has 4 nitrogen and oxygen atoms in total. The first-order valence-electron chi connectivity index (χ1n) is 7.68. The fourth-order valence-corrected chi connectivity index (χ4v) is 4.17. The highest BCUT2D eigenvalue weighted by Gasteiger charge is 2.31. The van der Waals surface area contributed by atoms with Crippen molar-refractivity contribution in [2.24, 2.45) is 0 Å². The predicted molar refractivity (Wildman–Crippen MR) is 93.7 cm³/mol. The Kier molecular flexibility index (Phi) is 3.38. The Bertz CT molecular complexity index is 945. The highest BCUT2D eigenvalue weighted by atomic mass is 32.2. The first kappa shape index (κ1) is 14.3. The number of aryl methyl sites for hydroxylation is 1. The van der Waals surface area contributed by atoms with Crippen molar-refractivity contribution in [2.75, 3.05) is 0 Å². The summed E-state index contributed by atoms with van der Waals surface area (Å²) in [6.07, 6.45) is 0.573. The lowest BCUT2D eigenvalue weighted by Crippen LogP contribution is -2.25. The molecule has 4 rings (SSSR count). The maximum absolute atomic E-state index is 11.8. The molecule has 0 bridgehead atoms. The molecule has 1 saturated heterocycles. The minimum absolute atomic E-state index is 0.184. The number of aromatic nitrogens is 1. The fourth-order valence-electron chi connectivity index (χ4n) is 3.31. The number of nitrogens with zero attached hydrogens (tertiary/aromatic N) is 1. The van der Waals surface area contributed by atoms with Crippen LogP contribution < -0.4 is 5.32 Å². The minimum atomic E-state index is -0.320. The summed E-state index contributed by atoms with van der Waals surface area (Å²) in [5, 5.41) is 4.21. The Hall–Kier alpha value is -2.27. The Balaban J connectivity index is 1.80. The molecule has 5 heteroatoms. The molecule has 0 radical (unpaired) electrons. The number of rotatable bonds is 3. The van der Waals surface area contributed by atoms with E-state index >= 15 is 0 Å². The third kappa shape index (κ3) is 2.32. The van der Waals surface area contributed by atoms with Gasteiger partial charge in [0.15, 0.2) is 0 Å². The van der Waals surface area contributed by atoms with Crippen LogP contribution in [0.4, 0.5) is 4.79 Å². The summed E-state index contributed by atoms with van der Waals surface area (Å²) in [5.74, 6) is -0.184. The number of amides is 2. The molecule has 3 aromatic rings. The highest BCUT2D eigenvalue weighted by Crippen LogP contribution is 2.31. The summed E-state index contributed by atoms with van der Waals surface area (Å²) >= 11 is 1.08. The largest absolute Gasteiger partial charge is 0.341 e. The smallest absolute Gasteiger partial charge is 0.286 e. The van der Waals surface area contributed by atoms with Gasteiger partial charge in [0.2, 0.25) is 5.91 Å². The summed E-state index contributed by atoms with van der Waals surface area (Å²) < 4.78 is 2.30. The van der Waals surface area contributed by atoms with E-state index in [1.54, 1.807) is 0 Å². The van der Waals surface area contributed by atoms with Crippen molar-refractivity contribution in [3.63, 3.8) is 0 Å². The van der Waals surface area contributed by atoms with Crippen molar-refractivity contribution >= 4 is 44.7 Å². The van der Waals surface area contributed by atoms with Crippen molar-refractivity contribution < 1.29 is 9.59 Å². The van der Waals surface area contributed by atoms with Crippen LogP contribution in [0.2, 0.25) is 0 Å². The summed E-state index contributed by atoms with van der Waals surface area (Å²) in [6.45, 7) is 3.06. The first-order valence-corrected chi connectivity index (χ1v) is 8.56. The zero-order valence-electron chi connectivity index (χ0n) is 12.7. The van der Waals surface area contributed by atoms with Crippen LogP contribution >= 0.6 is 11.8 Å². The summed E-state index contributed by atoms with van der Waals surface area (Å²) in [6, 6.07) is 14.7. The highest BCUT2D eigenvalue weighted by molar-refractivity contribution is 8.15. The number of hydrogen-bond acceptors (Lipinski definition) is 3. The van der Waals surface area contributed by atoms with E-state index in [0.717, 1.165) is 23.9 Å². The topological polar surface area (TPSA) is 51.1 Å². The van der Waals surface area contributed by atoms with Gasteiger partial charge in [-0.25, -0.2) is 0 Å². The molecule has 2 amide bonds. The molecule has 0 spiro atoms. The molecule has 116 valence electrons. The van der Waals surface area contributed by atoms with Crippen LogP contribution in [-0.2, 0) is 17.8 Å². The second-order valence-electron chi connectivity index (χ2n) is 5.70. The number of benzene rings is 2. The van der Waals surface area contributed by atoms with Gasteiger partial charge in [0.25, 0.3) is 5.24 Å². The quantitative estimate of drug-likeness (QED) is 0.799. The molecule has 1 unspecified atom stereocenters. The van der Waals surface area contributed by atoms with Gasteiger partial charge in [-0.05, 0) is 37.1 Å². The molecule has 23 heavy (non-hydrogen) atoms. The van der Waals surface area contributed by atoms with Gasteiger partial charge in [0.05, 0.1) is 5.25 Å². The normalized spacial score (nSPS) is 18.0. The number of fused-ring (bicyclic) bond motifs is 3. The van der Waals surface area contributed by atoms with Gasteiger partial charge in [-0.15, -0.1) is 0 Å². The lowest BCUT2D eigenvalue weighted by molar-refractivity contribution is -0.118. The van der Waals surface area contributed by atoms with E-state index in [0.29, 0.717) is 6.42 Å². The van der Waals surface area contributed by atoms with Gasteiger partial charge in [-0.1, -0.05) is 36.0 Å². The predicted octanol–water partition coefficient (Wildman–Crippen LogP) is 3.71. The Labute approximate surface area is 137 Å². The standard InChI is InChI=1S/C18H16N2O2S/c1-2-20-14-6-4-3-5-12(14)13-9-11(7-8-15(13)20)10-16-17(21)19-18(22)23-16/h3-9,16H,2,10H2,1H3,(H,19,21,22). The van der Waals surface area contributed by atoms with E-state index in [2.05, 4.69) is 53.2 Å². The van der Waals surface area contributed by atoms with Crippen LogP contribution in [0.1, 0.15) is 12.5 Å². The number of imide groups is 1.